The van der Waals surface area contributed by atoms with Gasteiger partial charge in [-0.15, -0.1) is 0 Å². The predicted octanol–water partition coefficient (Wildman–Crippen LogP) is 5.39. The number of hydrogen-bond acceptors (Lipinski definition) is 5. The minimum absolute atomic E-state index is 0.0637. The van der Waals surface area contributed by atoms with Gasteiger partial charge in [-0.3, -0.25) is 9.59 Å². The monoisotopic (exact) mass is 580 g/mol. The highest BCUT2D eigenvalue weighted by Gasteiger charge is 2.33. The molecule has 0 saturated heterocycles. The molecule has 4 rings (SSSR count). The number of nitrogens with zero attached hydrogens (tertiary/aromatic N) is 2. The Balaban J connectivity index is 1.68. The molecular weight excluding hydrogens is 551 g/mol. The average Bonchev–Trinajstić information content (AvgIpc) is 3.00. The summed E-state index contributed by atoms with van der Waals surface area (Å²) in [5.41, 5.74) is 2.62. The van der Waals surface area contributed by atoms with Gasteiger partial charge in [-0.2, -0.15) is 0 Å². The first-order chi connectivity index (χ1) is 18.9. The van der Waals surface area contributed by atoms with Gasteiger partial charge in [0, 0.05) is 24.6 Å². The van der Waals surface area contributed by atoms with E-state index >= 15 is 0 Å². The molecule has 3 aromatic rings. The number of hydrogen-bond donors (Lipinski definition) is 2. The van der Waals surface area contributed by atoms with Crippen LogP contribution < -0.4 is 15.5 Å². The van der Waals surface area contributed by atoms with Gasteiger partial charge in [0.05, 0.1) is 21.4 Å². The molecule has 3 amide bonds. The van der Waals surface area contributed by atoms with Crippen LogP contribution in [0.15, 0.2) is 77.8 Å². The Labute approximate surface area is 243 Å². The van der Waals surface area contributed by atoms with Gasteiger partial charge in [0.25, 0.3) is 5.91 Å². The molecule has 1 aliphatic rings. The fourth-order valence-corrected chi connectivity index (χ4v) is 4.56. The van der Waals surface area contributed by atoms with E-state index in [0.717, 1.165) is 11.1 Å². The summed E-state index contributed by atoms with van der Waals surface area (Å²) in [5.74, 6) is -1.05. The highest BCUT2D eigenvalue weighted by atomic mass is 35.5. The first-order valence-electron chi connectivity index (χ1n) is 12.7. The van der Waals surface area contributed by atoms with E-state index in [1.807, 2.05) is 54.6 Å². The zero-order valence-corrected chi connectivity index (χ0v) is 24.1. The Kier molecular flexibility index (Phi) is 8.81. The van der Waals surface area contributed by atoms with E-state index in [9.17, 15) is 14.4 Å². The van der Waals surface area contributed by atoms with Gasteiger partial charge < -0.3 is 20.3 Å². The van der Waals surface area contributed by atoms with Crippen molar-refractivity contribution >= 4 is 52.5 Å². The van der Waals surface area contributed by atoms with Crippen molar-refractivity contribution in [2.45, 2.75) is 45.0 Å². The highest BCUT2D eigenvalue weighted by Crippen LogP contribution is 2.27. The number of rotatable bonds is 6. The zero-order chi connectivity index (χ0) is 29.0. The molecule has 0 aliphatic carbocycles. The summed E-state index contributed by atoms with van der Waals surface area (Å²) >= 11 is 12.2. The van der Waals surface area contributed by atoms with E-state index in [1.54, 1.807) is 46.0 Å². The molecule has 208 valence electrons. The third-order valence-corrected chi connectivity index (χ3v) is 6.84. The van der Waals surface area contributed by atoms with Crippen molar-refractivity contribution in [2.75, 3.05) is 11.9 Å². The first kappa shape index (κ1) is 29.1. The van der Waals surface area contributed by atoms with Crippen LogP contribution in [0.1, 0.15) is 37.5 Å². The lowest BCUT2D eigenvalue weighted by Crippen LogP contribution is -2.54. The van der Waals surface area contributed by atoms with Crippen LogP contribution in [-0.2, 0) is 20.7 Å². The Bertz CT molecular complexity index is 1450. The van der Waals surface area contributed by atoms with E-state index in [2.05, 4.69) is 10.6 Å². The molecule has 0 radical (unpaired) electrons. The van der Waals surface area contributed by atoms with Crippen LogP contribution in [0.3, 0.4) is 0 Å². The molecular formula is C30H30Cl2N4O4. The molecule has 1 aliphatic heterocycles. The van der Waals surface area contributed by atoms with Crippen molar-refractivity contribution in [3.63, 3.8) is 0 Å². The smallest absolute Gasteiger partial charge is 0.408 e. The number of carbonyl (C=O) groups is 3. The number of anilines is 1. The summed E-state index contributed by atoms with van der Waals surface area (Å²) < 4.78 is 5.38. The third-order valence-electron chi connectivity index (χ3n) is 6.10. The van der Waals surface area contributed by atoms with Crippen molar-refractivity contribution in [1.29, 1.82) is 0 Å². The molecule has 2 atom stereocenters. The summed E-state index contributed by atoms with van der Waals surface area (Å²) in [7, 11) is 1.63. The van der Waals surface area contributed by atoms with E-state index in [-0.39, 0.29) is 6.42 Å². The quantitative estimate of drug-likeness (QED) is 0.408. The number of carbonyl (C=O) groups excluding carboxylic acids is 3. The Morgan fingerprint density at radius 2 is 1.68 bits per heavy atom. The van der Waals surface area contributed by atoms with Gasteiger partial charge in [0.2, 0.25) is 12.1 Å². The van der Waals surface area contributed by atoms with Crippen LogP contribution in [0.4, 0.5) is 10.5 Å². The van der Waals surface area contributed by atoms with E-state index in [1.165, 1.54) is 4.90 Å². The number of amides is 3. The second-order valence-corrected chi connectivity index (χ2v) is 11.1. The number of alkyl carbamates (subject to hydrolysis) is 1. The lowest BCUT2D eigenvalue weighted by Gasteiger charge is -2.25. The molecule has 40 heavy (non-hydrogen) atoms. The van der Waals surface area contributed by atoms with E-state index in [4.69, 9.17) is 32.9 Å². The number of nitrogens with one attached hydrogen (secondary N) is 2. The molecule has 0 unspecified atom stereocenters. The number of benzodiazepines with no additional fused rings is 1. The minimum Gasteiger partial charge on any atom is -0.444 e. The standard InChI is InChI=1S/C30H30Cl2N4O4/c1-30(2,3)40-29(39)33-23(17-18-14-15-21(31)22(32)16-18)27(37)35-26-28(38)36(4)24-13-9-8-12-20(24)25(34-26)19-10-6-5-7-11-19/h5-16,23,26H,17H2,1-4H3,(H,33,39)(H,35,37)/t23-,26-/m1/s1. The molecule has 0 fully saturated rings. The Hall–Kier alpha value is -3.88. The maximum absolute atomic E-state index is 13.7. The highest BCUT2D eigenvalue weighted by molar-refractivity contribution is 6.42. The van der Waals surface area contributed by atoms with Gasteiger partial charge in [-0.1, -0.05) is 77.8 Å². The van der Waals surface area contributed by atoms with Crippen LogP contribution in [0.25, 0.3) is 0 Å². The summed E-state index contributed by atoms with van der Waals surface area (Å²) in [6.07, 6.45) is -1.97. The summed E-state index contributed by atoms with van der Waals surface area (Å²) in [4.78, 5) is 46.1. The van der Waals surface area contributed by atoms with Crippen molar-refractivity contribution in [3.05, 3.63) is 99.5 Å². The molecule has 0 spiro atoms. The van der Waals surface area contributed by atoms with Crippen molar-refractivity contribution in [3.8, 4) is 0 Å². The van der Waals surface area contributed by atoms with Crippen molar-refractivity contribution < 1.29 is 19.1 Å². The van der Waals surface area contributed by atoms with Crippen LogP contribution in [-0.4, -0.2) is 48.5 Å². The average molecular weight is 582 g/mol. The predicted molar refractivity (Wildman–Crippen MR) is 157 cm³/mol. The zero-order valence-electron chi connectivity index (χ0n) is 22.6. The maximum atomic E-state index is 13.7. The fourth-order valence-electron chi connectivity index (χ4n) is 4.24. The lowest BCUT2D eigenvalue weighted by molar-refractivity contribution is -0.128. The number of aliphatic imine (C=N–C) groups is 1. The number of para-hydroxylation sites is 1. The molecule has 0 aromatic heterocycles. The number of halogens is 2. The summed E-state index contributed by atoms with van der Waals surface area (Å²) in [5, 5.41) is 6.04. The number of ether oxygens (including phenoxy) is 1. The molecule has 3 aromatic carbocycles. The molecule has 1 heterocycles. The van der Waals surface area contributed by atoms with Crippen LogP contribution >= 0.6 is 23.2 Å². The molecule has 10 heteroatoms. The van der Waals surface area contributed by atoms with Gasteiger partial charge in [-0.25, -0.2) is 9.79 Å². The van der Waals surface area contributed by atoms with Crippen molar-refractivity contribution in [2.24, 2.45) is 4.99 Å². The Morgan fingerprint density at radius 3 is 2.35 bits per heavy atom. The minimum atomic E-state index is -1.25. The SMILES string of the molecule is CN1C(=O)[C@@H](NC(=O)[C@@H](Cc2ccc(Cl)c(Cl)c2)NC(=O)OC(C)(C)C)N=C(c2ccccc2)c2ccccc21. The molecule has 2 N–H and O–H groups in total. The molecule has 8 nitrogen and oxygen atoms in total. The lowest BCUT2D eigenvalue weighted by atomic mass is 10.0. The number of benzene rings is 3. The third kappa shape index (κ3) is 7.00. The van der Waals surface area contributed by atoms with Crippen LogP contribution in [0.2, 0.25) is 10.0 Å². The molecule has 0 saturated carbocycles. The summed E-state index contributed by atoms with van der Waals surface area (Å²) in [6, 6.07) is 20.7. The first-order valence-corrected chi connectivity index (χ1v) is 13.4. The fraction of sp³-hybridized carbons (Fsp3) is 0.267. The number of likely N-dealkylation sites (N-methyl/N-ethyl adjacent to an activating group) is 1. The largest absolute Gasteiger partial charge is 0.444 e. The number of fused-ring (bicyclic) bond motifs is 1. The molecule has 0 bridgehead atoms. The van der Waals surface area contributed by atoms with E-state index in [0.29, 0.717) is 27.0 Å². The topological polar surface area (TPSA) is 100 Å². The van der Waals surface area contributed by atoms with Crippen LogP contribution in [0.5, 0.6) is 0 Å². The normalized spacial score (nSPS) is 15.8. The van der Waals surface area contributed by atoms with Crippen LogP contribution in [0, 0.1) is 0 Å². The Morgan fingerprint density at radius 1 is 1.00 bits per heavy atom. The van der Waals surface area contributed by atoms with Gasteiger partial charge >= 0.3 is 6.09 Å². The maximum Gasteiger partial charge on any atom is 0.408 e. The van der Waals surface area contributed by atoms with Gasteiger partial charge in [-0.05, 0) is 44.5 Å². The second-order valence-electron chi connectivity index (χ2n) is 10.3. The van der Waals surface area contributed by atoms with Gasteiger partial charge in [0.15, 0.2) is 0 Å². The summed E-state index contributed by atoms with van der Waals surface area (Å²) in [6.45, 7) is 5.16. The van der Waals surface area contributed by atoms with E-state index < -0.39 is 35.7 Å². The second kappa shape index (κ2) is 12.1. The van der Waals surface area contributed by atoms with Crippen molar-refractivity contribution in [1.82, 2.24) is 10.6 Å². The van der Waals surface area contributed by atoms with Gasteiger partial charge in [0.1, 0.15) is 11.6 Å².